The van der Waals surface area contributed by atoms with Crippen molar-refractivity contribution in [2.75, 3.05) is 38.1 Å². The molecule has 0 spiro atoms. The number of anilines is 1. The lowest BCUT2D eigenvalue weighted by atomic mass is 9.92. The van der Waals surface area contributed by atoms with Crippen molar-refractivity contribution in [3.05, 3.63) is 18.6 Å². The number of halogens is 1. The van der Waals surface area contributed by atoms with Crippen molar-refractivity contribution < 1.29 is 14.7 Å². The highest BCUT2D eigenvalue weighted by Gasteiger charge is 2.32. The Morgan fingerprint density at radius 2 is 2.12 bits per heavy atom. The molecule has 0 saturated carbocycles. The Kier molecular flexibility index (Phi) is 9.89. The van der Waals surface area contributed by atoms with Crippen LogP contribution in [0.1, 0.15) is 32.6 Å². The summed E-state index contributed by atoms with van der Waals surface area (Å²) in [5, 5.41) is 19.3. The molecule has 3 N–H and O–H groups in total. The Balaban J connectivity index is 0.00000408. The molecular formula is C22H33ClN8O3. The van der Waals surface area contributed by atoms with Crippen molar-refractivity contribution in [1.82, 2.24) is 24.3 Å². The van der Waals surface area contributed by atoms with Crippen LogP contribution in [0.4, 0.5) is 10.6 Å². The summed E-state index contributed by atoms with van der Waals surface area (Å²) >= 11 is 0. The van der Waals surface area contributed by atoms with E-state index in [0.29, 0.717) is 44.2 Å². The van der Waals surface area contributed by atoms with Gasteiger partial charge in [0.05, 0.1) is 17.5 Å². The summed E-state index contributed by atoms with van der Waals surface area (Å²) in [6, 6.07) is 3.87. The number of nitrogens with two attached hydrogens (primary N) is 1. The number of carboxylic acid groups (broad SMARTS) is 1. The molecule has 2 atom stereocenters. The summed E-state index contributed by atoms with van der Waals surface area (Å²) in [6.45, 7) is 4.43. The number of fused-ring (bicyclic) bond motifs is 1. The van der Waals surface area contributed by atoms with Crippen LogP contribution in [-0.4, -0.2) is 80.7 Å². The summed E-state index contributed by atoms with van der Waals surface area (Å²) in [5.74, 6) is 0.915. The zero-order chi connectivity index (χ0) is 24.0. The number of rotatable bonds is 9. The van der Waals surface area contributed by atoms with Gasteiger partial charge in [0.2, 0.25) is 5.91 Å². The molecule has 1 aliphatic rings. The van der Waals surface area contributed by atoms with Gasteiger partial charge in [-0.3, -0.25) is 9.69 Å². The van der Waals surface area contributed by atoms with Crippen LogP contribution in [0.5, 0.6) is 0 Å². The minimum atomic E-state index is -0.988. The van der Waals surface area contributed by atoms with E-state index >= 15 is 0 Å². The number of aromatic nitrogens is 3. The molecule has 1 saturated heterocycles. The first-order valence-electron chi connectivity index (χ1n) is 11.2. The highest BCUT2D eigenvalue weighted by molar-refractivity contribution is 5.88. The lowest BCUT2D eigenvalue weighted by molar-refractivity contribution is -0.131. The monoisotopic (exact) mass is 492 g/mol. The van der Waals surface area contributed by atoms with Crippen LogP contribution in [0.3, 0.4) is 0 Å². The lowest BCUT2D eigenvalue weighted by Gasteiger charge is -2.42. The van der Waals surface area contributed by atoms with E-state index in [4.69, 9.17) is 11.0 Å². The average molecular weight is 493 g/mol. The molecule has 2 amide bonds. The van der Waals surface area contributed by atoms with E-state index in [-0.39, 0.29) is 37.4 Å². The second kappa shape index (κ2) is 12.4. The molecule has 0 radical (unpaired) electrons. The number of carbonyl (C=O) groups is 2. The topological polar surface area (TPSA) is 145 Å². The molecule has 0 unspecified atom stereocenters. The maximum absolute atomic E-state index is 12.3. The molecule has 12 heteroatoms. The fraction of sp³-hybridized carbons (Fsp3) is 0.591. The Morgan fingerprint density at radius 3 is 2.79 bits per heavy atom. The van der Waals surface area contributed by atoms with Crippen LogP contribution in [0.25, 0.3) is 11.0 Å². The van der Waals surface area contributed by atoms with E-state index in [1.54, 1.807) is 9.47 Å². The van der Waals surface area contributed by atoms with Crippen molar-refractivity contribution in [1.29, 1.82) is 5.26 Å². The first-order valence-corrected chi connectivity index (χ1v) is 11.2. The normalized spacial score (nSPS) is 17.6. The molecule has 11 nitrogen and oxygen atoms in total. The van der Waals surface area contributed by atoms with E-state index < -0.39 is 6.09 Å². The van der Waals surface area contributed by atoms with Gasteiger partial charge in [0.15, 0.2) is 0 Å². The van der Waals surface area contributed by atoms with Gasteiger partial charge in [0.25, 0.3) is 0 Å². The fourth-order valence-corrected chi connectivity index (χ4v) is 4.36. The van der Waals surface area contributed by atoms with Crippen molar-refractivity contribution in [2.45, 2.75) is 45.3 Å². The quantitative estimate of drug-likeness (QED) is 0.506. The average Bonchev–Trinajstić information content (AvgIpc) is 3.21. The van der Waals surface area contributed by atoms with Crippen LogP contribution in [0.2, 0.25) is 0 Å². The van der Waals surface area contributed by atoms with Gasteiger partial charge >= 0.3 is 6.09 Å². The molecule has 1 fully saturated rings. The van der Waals surface area contributed by atoms with Gasteiger partial charge < -0.3 is 25.2 Å². The van der Waals surface area contributed by atoms with Gasteiger partial charge in [-0.1, -0.05) is 6.92 Å². The molecule has 0 aromatic carbocycles. The van der Waals surface area contributed by atoms with Crippen molar-refractivity contribution in [3.8, 4) is 6.07 Å². The summed E-state index contributed by atoms with van der Waals surface area (Å²) in [4.78, 5) is 38.1. The number of hydrogen-bond donors (Lipinski definition) is 2. The Morgan fingerprint density at radius 1 is 1.35 bits per heavy atom. The van der Waals surface area contributed by atoms with Crippen molar-refractivity contribution in [2.24, 2.45) is 11.7 Å². The number of nitrogens with zero attached hydrogens (tertiary/aromatic N) is 7. The zero-order valence-corrected chi connectivity index (χ0v) is 20.4. The van der Waals surface area contributed by atoms with Gasteiger partial charge in [-0.05, 0) is 37.8 Å². The Hall–Kier alpha value is -3.10. The molecule has 186 valence electrons. The minimum Gasteiger partial charge on any atom is -0.465 e. The predicted octanol–water partition coefficient (Wildman–Crippen LogP) is 2.12. The SMILES string of the molecule is C[C@@H]1CCN(C(=O)CC#N)C[C@@H]1N(C)c1ncnc2c1ccn2CN(CCCCN)C(=O)O.Cl. The van der Waals surface area contributed by atoms with Gasteiger partial charge in [0, 0.05) is 32.9 Å². The first-order chi connectivity index (χ1) is 15.9. The maximum Gasteiger partial charge on any atom is 0.408 e. The highest BCUT2D eigenvalue weighted by atomic mass is 35.5. The van der Waals surface area contributed by atoms with E-state index in [1.165, 1.54) is 11.2 Å². The van der Waals surface area contributed by atoms with Gasteiger partial charge in [0.1, 0.15) is 30.9 Å². The Bertz CT molecular complexity index is 1020. The van der Waals surface area contributed by atoms with Gasteiger partial charge in [-0.25, -0.2) is 14.8 Å². The summed E-state index contributed by atoms with van der Waals surface area (Å²) < 4.78 is 1.80. The zero-order valence-electron chi connectivity index (χ0n) is 19.6. The van der Waals surface area contributed by atoms with E-state index in [1.807, 2.05) is 25.4 Å². The number of likely N-dealkylation sites (tertiary alicyclic amines) is 1. The first kappa shape index (κ1) is 27.1. The number of hydrogen-bond acceptors (Lipinski definition) is 7. The summed E-state index contributed by atoms with van der Waals surface area (Å²) in [7, 11) is 1.95. The maximum atomic E-state index is 12.3. The van der Waals surface area contributed by atoms with Crippen molar-refractivity contribution >= 4 is 41.3 Å². The van der Waals surface area contributed by atoms with Crippen LogP contribution < -0.4 is 10.6 Å². The molecule has 1 aliphatic heterocycles. The number of likely N-dealkylation sites (N-methyl/N-ethyl adjacent to an activating group) is 1. The largest absolute Gasteiger partial charge is 0.465 e. The van der Waals surface area contributed by atoms with Crippen molar-refractivity contribution in [3.63, 3.8) is 0 Å². The molecule has 34 heavy (non-hydrogen) atoms. The number of unbranched alkanes of at least 4 members (excludes halogenated alkanes) is 1. The Labute approximate surface area is 205 Å². The minimum absolute atomic E-state index is 0. The molecule has 0 bridgehead atoms. The lowest BCUT2D eigenvalue weighted by Crippen LogP contribution is -2.52. The van der Waals surface area contributed by atoms with E-state index in [9.17, 15) is 14.7 Å². The van der Waals surface area contributed by atoms with Crippen LogP contribution in [0, 0.1) is 17.2 Å². The third-order valence-corrected chi connectivity index (χ3v) is 6.34. The number of amides is 2. The molecule has 3 heterocycles. The number of carbonyl (C=O) groups excluding carboxylic acids is 1. The molecule has 2 aromatic heterocycles. The van der Waals surface area contributed by atoms with Gasteiger partial charge in [-0.15, -0.1) is 12.4 Å². The standard InChI is InChI=1S/C22H32N8O3.ClH/c1-16-6-11-28(19(31)5-9-24)13-18(16)27(2)20-17-7-12-29(21(17)26-14-25-20)15-30(22(32)33)10-4-3-8-23;/h7,12,14,16,18H,3-6,8,10-11,13,15,23H2,1-2H3,(H,32,33);1H/t16-,18+;/m1./s1. The second-order valence-corrected chi connectivity index (χ2v) is 8.52. The second-order valence-electron chi connectivity index (χ2n) is 8.52. The van der Waals surface area contributed by atoms with Crippen LogP contribution in [0.15, 0.2) is 18.6 Å². The van der Waals surface area contributed by atoms with Crippen LogP contribution >= 0.6 is 12.4 Å². The molecule has 3 rings (SSSR count). The van der Waals surface area contributed by atoms with E-state index in [2.05, 4.69) is 21.8 Å². The number of nitriles is 1. The summed E-state index contributed by atoms with van der Waals surface area (Å²) in [5.41, 5.74) is 6.18. The summed E-state index contributed by atoms with van der Waals surface area (Å²) in [6.07, 6.45) is 4.51. The van der Waals surface area contributed by atoms with E-state index in [0.717, 1.165) is 24.0 Å². The smallest absolute Gasteiger partial charge is 0.408 e. The highest BCUT2D eigenvalue weighted by Crippen LogP contribution is 2.29. The number of piperidine rings is 1. The van der Waals surface area contributed by atoms with Crippen LogP contribution in [-0.2, 0) is 11.5 Å². The third-order valence-electron chi connectivity index (χ3n) is 6.34. The van der Waals surface area contributed by atoms with Gasteiger partial charge in [-0.2, -0.15) is 5.26 Å². The molecular weight excluding hydrogens is 460 g/mol. The fourth-order valence-electron chi connectivity index (χ4n) is 4.36. The molecule has 0 aliphatic carbocycles. The molecule has 2 aromatic rings. The third kappa shape index (κ3) is 6.07. The predicted molar refractivity (Wildman–Crippen MR) is 131 cm³/mol.